The van der Waals surface area contributed by atoms with Gasteiger partial charge in [-0.3, -0.25) is 4.79 Å². The molecule has 2 fully saturated rings. The lowest BCUT2D eigenvalue weighted by Gasteiger charge is -2.36. The number of allylic oxidation sites excluding steroid dienone is 2. The predicted octanol–water partition coefficient (Wildman–Crippen LogP) is 7.43. The van der Waals surface area contributed by atoms with Gasteiger partial charge >= 0.3 is 5.97 Å². The van der Waals surface area contributed by atoms with Crippen molar-refractivity contribution in [2.75, 3.05) is 6.61 Å². The molecule has 204 valence electrons. The average Bonchev–Trinajstić information content (AvgIpc) is 3.47. The molecule has 0 bridgehead atoms. The van der Waals surface area contributed by atoms with Crippen LogP contribution in [-0.4, -0.2) is 28.0 Å². The van der Waals surface area contributed by atoms with Crippen LogP contribution in [0, 0.1) is 23.7 Å². The number of thioether (sulfide) groups is 2. The maximum Gasteiger partial charge on any atom is 0.356 e. The van der Waals surface area contributed by atoms with Crippen molar-refractivity contribution in [3.8, 4) is 0 Å². The van der Waals surface area contributed by atoms with E-state index in [4.69, 9.17) is 4.74 Å². The Morgan fingerprint density at radius 2 is 1.84 bits per heavy atom. The van der Waals surface area contributed by atoms with E-state index in [0.29, 0.717) is 24.6 Å². The normalized spacial score (nSPS) is 23.6. The van der Waals surface area contributed by atoms with Crippen LogP contribution in [0.25, 0.3) is 0 Å². The molecule has 37 heavy (non-hydrogen) atoms. The van der Waals surface area contributed by atoms with E-state index in [2.05, 4.69) is 29.4 Å². The molecule has 1 aromatic heterocycles. The highest BCUT2D eigenvalue weighted by molar-refractivity contribution is 8.23. The van der Waals surface area contributed by atoms with E-state index in [1.54, 1.807) is 29.4 Å². The van der Waals surface area contributed by atoms with Gasteiger partial charge in [-0.15, -0.1) is 0 Å². The monoisotopic (exact) mass is 545 g/mol. The molecular weight excluding hydrogens is 502 g/mol. The number of nitrogens with one attached hydrogen (secondary N) is 1. The molecule has 2 heterocycles. The maximum atomic E-state index is 13.1. The van der Waals surface area contributed by atoms with Gasteiger partial charge < -0.3 is 14.6 Å². The fourth-order valence-corrected chi connectivity index (χ4v) is 8.34. The fourth-order valence-electron chi connectivity index (χ4n) is 6.17. The molecule has 2 aliphatic carbocycles. The van der Waals surface area contributed by atoms with Gasteiger partial charge in [-0.1, -0.05) is 69.4 Å². The van der Waals surface area contributed by atoms with Gasteiger partial charge in [0.25, 0.3) is 0 Å². The van der Waals surface area contributed by atoms with Crippen LogP contribution in [0.1, 0.15) is 101 Å². The smallest absolute Gasteiger partial charge is 0.356 e. The predicted molar refractivity (Wildman–Crippen MR) is 152 cm³/mol. The number of hydrogen-bond donors (Lipinski definition) is 1. The van der Waals surface area contributed by atoms with Gasteiger partial charge in [-0.25, -0.2) is 9.78 Å². The van der Waals surface area contributed by atoms with Crippen LogP contribution >= 0.6 is 23.5 Å². The summed E-state index contributed by atoms with van der Waals surface area (Å²) in [7, 11) is 1.83. The molecule has 0 saturated heterocycles. The largest absolute Gasteiger partial charge is 0.461 e. The van der Waals surface area contributed by atoms with Gasteiger partial charge in [0, 0.05) is 13.5 Å². The van der Waals surface area contributed by atoms with Gasteiger partial charge in [0.15, 0.2) is 5.16 Å². The zero-order valence-electron chi connectivity index (χ0n) is 22.7. The van der Waals surface area contributed by atoms with Crippen molar-refractivity contribution >= 4 is 35.4 Å². The topological polar surface area (TPSA) is 73.2 Å². The molecule has 0 radical (unpaired) electrons. The number of nitrogens with zero attached hydrogens (tertiary/aromatic N) is 2. The number of amides is 1. The van der Waals surface area contributed by atoms with Crippen molar-refractivity contribution < 1.29 is 14.3 Å². The van der Waals surface area contributed by atoms with Gasteiger partial charge in [-0.05, 0) is 74.5 Å². The SMILES string of the molecule is CCOC(=O)c1cnc(SC2=CCCC=C(NC(=O)CCC(C3CCCC3)C3CCC(C)CC3)S2)n1C. The molecule has 0 aromatic carbocycles. The summed E-state index contributed by atoms with van der Waals surface area (Å²) >= 11 is 3.11. The molecule has 8 heteroatoms. The number of ether oxygens (including phenoxy) is 1. The van der Waals surface area contributed by atoms with Crippen LogP contribution < -0.4 is 5.32 Å². The van der Waals surface area contributed by atoms with E-state index in [9.17, 15) is 9.59 Å². The fraction of sp³-hybridized carbons (Fsp3) is 0.690. The Morgan fingerprint density at radius 3 is 2.57 bits per heavy atom. The van der Waals surface area contributed by atoms with Gasteiger partial charge in [0.05, 0.1) is 22.1 Å². The lowest BCUT2D eigenvalue weighted by atomic mass is 9.69. The first-order chi connectivity index (χ1) is 17.9. The van der Waals surface area contributed by atoms with Crippen molar-refractivity contribution in [2.45, 2.75) is 96.1 Å². The summed E-state index contributed by atoms with van der Waals surface area (Å²) in [5.41, 5.74) is 0.442. The second-order valence-corrected chi connectivity index (χ2v) is 13.2. The lowest BCUT2D eigenvalue weighted by molar-refractivity contribution is -0.120. The molecule has 6 nitrogen and oxygen atoms in total. The lowest BCUT2D eigenvalue weighted by Crippen LogP contribution is -2.28. The van der Waals surface area contributed by atoms with Crippen LogP contribution in [0.5, 0.6) is 0 Å². The highest BCUT2D eigenvalue weighted by atomic mass is 32.2. The number of carbonyl (C=O) groups excluding carboxylic acids is 2. The van der Waals surface area contributed by atoms with Crippen LogP contribution in [0.2, 0.25) is 0 Å². The second-order valence-electron chi connectivity index (χ2n) is 10.9. The molecule has 3 aliphatic rings. The number of aromatic nitrogens is 2. The van der Waals surface area contributed by atoms with Crippen LogP contribution in [-0.2, 0) is 16.6 Å². The molecule has 1 N–H and O–H groups in total. The van der Waals surface area contributed by atoms with Crippen LogP contribution in [0.15, 0.2) is 32.8 Å². The van der Waals surface area contributed by atoms with Gasteiger partial charge in [0.1, 0.15) is 5.69 Å². The first kappa shape index (κ1) is 28.3. The van der Waals surface area contributed by atoms with E-state index < -0.39 is 0 Å². The third kappa shape index (κ3) is 7.92. The Hall–Kier alpha value is -1.67. The zero-order valence-corrected chi connectivity index (χ0v) is 24.3. The Morgan fingerprint density at radius 1 is 1.14 bits per heavy atom. The molecule has 4 rings (SSSR count). The molecule has 1 atom stereocenters. The van der Waals surface area contributed by atoms with E-state index in [-0.39, 0.29) is 11.9 Å². The zero-order chi connectivity index (χ0) is 26.2. The van der Waals surface area contributed by atoms with Crippen molar-refractivity contribution in [1.29, 1.82) is 0 Å². The first-order valence-corrected chi connectivity index (χ1v) is 15.8. The Balaban J connectivity index is 1.31. The van der Waals surface area contributed by atoms with Crippen molar-refractivity contribution in [3.63, 3.8) is 0 Å². The Bertz CT molecular complexity index is 989. The summed E-state index contributed by atoms with van der Waals surface area (Å²) in [6.07, 6.45) is 20.2. The number of esters is 1. The van der Waals surface area contributed by atoms with Crippen LogP contribution in [0.3, 0.4) is 0 Å². The number of imidazole rings is 1. The Labute approximate surface area is 230 Å². The first-order valence-electron chi connectivity index (χ1n) is 14.2. The summed E-state index contributed by atoms with van der Waals surface area (Å²) in [4.78, 5) is 29.6. The minimum absolute atomic E-state index is 0.138. The van der Waals surface area contributed by atoms with Crippen molar-refractivity contribution in [3.05, 3.63) is 33.3 Å². The standard InChI is InChI=1S/C29H43N3O3S2/c1-4-35-28(34)24-19-30-29(32(24)3)37-27-12-8-7-11-26(36-27)31-25(33)18-17-23(21-9-5-6-10-21)22-15-13-20(2)14-16-22/h11-12,19-23H,4-10,13-18H2,1-3H3,(H,31,33). The minimum Gasteiger partial charge on any atom is -0.461 e. The summed E-state index contributed by atoms with van der Waals surface area (Å²) in [6, 6.07) is 0. The molecule has 1 amide bonds. The average molecular weight is 546 g/mol. The van der Waals surface area contributed by atoms with E-state index in [0.717, 1.165) is 51.4 Å². The molecule has 0 spiro atoms. The molecule has 1 aliphatic heterocycles. The van der Waals surface area contributed by atoms with Crippen LogP contribution in [0.4, 0.5) is 0 Å². The van der Waals surface area contributed by atoms with Crippen molar-refractivity contribution in [1.82, 2.24) is 14.9 Å². The quantitative estimate of drug-likeness (QED) is 0.308. The van der Waals surface area contributed by atoms with E-state index >= 15 is 0 Å². The third-order valence-electron chi connectivity index (χ3n) is 8.28. The summed E-state index contributed by atoms with van der Waals surface area (Å²) in [6.45, 7) is 4.52. The van der Waals surface area contributed by atoms with Gasteiger partial charge in [0.2, 0.25) is 5.91 Å². The number of carbonyl (C=O) groups is 2. The highest BCUT2D eigenvalue weighted by Crippen LogP contribution is 2.44. The Kier molecular flexibility index (Phi) is 10.7. The molecule has 1 aromatic rings. The number of rotatable bonds is 10. The van der Waals surface area contributed by atoms with Crippen molar-refractivity contribution in [2.24, 2.45) is 30.7 Å². The second kappa shape index (κ2) is 13.9. The molecule has 2 saturated carbocycles. The summed E-state index contributed by atoms with van der Waals surface area (Å²) in [5, 5.41) is 4.85. The molecular formula is C29H43N3O3S2. The van der Waals surface area contributed by atoms with Gasteiger partial charge in [-0.2, -0.15) is 0 Å². The maximum absolute atomic E-state index is 13.1. The minimum atomic E-state index is -0.363. The van der Waals surface area contributed by atoms with E-state index in [1.807, 2.05) is 7.05 Å². The van der Waals surface area contributed by atoms with E-state index in [1.165, 1.54) is 63.1 Å². The highest BCUT2D eigenvalue weighted by Gasteiger charge is 2.33. The molecule has 1 unspecified atom stereocenters. The third-order valence-corrected chi connectivity index (χ3v) is 10.6. The summed E-state index contributed by atoms with van der Waals surface area (Å²) < 4.78 is 7.96. The number of hydrogen-bond acceptors (Lipinski definition) is 6. The summed E-state index contributed by atoms with van der Waals surface area (Å²) in [5.74, 6) is 2.98.